The smallest absolute Gasteiger partial charge is 0.338 e. The van der Waals surface area contributed by atoms with Gasteiger partial charge in [0.05, 0.1) is 12.2 Å². The van der Waals surface area contributed by atoms with E-state index in [1.807, 2.05) is 13.8 Å². The lowest BCUT2D eigenvalue weighted by atomic mass is 9.46. The highest BCUT2D eigenvalue weighted by Crippen LogP contribution is 2.67. The van der Waals surface area contributed by atoms with E-state index in [-0.39, 0.29) is 48.9 Å². The fourth-order valence-corrected chi connectivity index (χ4v) is 6.99. The van der Waals surface area contributed by atoms with Crippen molar-refractivity contribution in [1.29, 1.82) is 0 Å². The molecular weight excluding hydrogens is 375 g/mol. The first-order chi connectivity index (χ1) is 13.4. The van der Waals surface area contributed by atoms with Crippen molar-refractivity contribution in [1.82, 2.24) is 0 Å². The molecular formula is C23H31FO5. The zero-order valence-electron chi connectivity index (χ0n) is 17.5. The second kappa shape index (κ2) is 6.48. The van der Waals surface area contributed by atoms with Gasteiger partial charge in [-0.05, 0) is 69.1 Å². The van der Waals surface area contributed by atoms with Crippen LogP contribution >= 0.6 is 0 Å². The van der Waals surface area contributed by atoms with Crippen LogP contribution in [0.4, 0.5) is 4.39 Å². The van der Waals surface area contributed by atoms with E-state index >= 15 is 4.39 Å². The maximum atomic E-state index is 15.3. The molecule has 160 valence electrons. The number of alkyl halides is 1. The summed E-state index contributed by atoms with van der Waals surface area (Å²) in [5.74, 6) is -1.43. The van der Waals surface area contributed by atoms with Gasteiger partial charge >= 0.3 is 5.97 Å². The van der Waals surface area contributed by atoms with Gasteiger partial charge in [0.15, 0.2) is 11.4 Å². The van der Waals surface area contributed by atoms with Crippen LogP contribution < -0.4 is 0 Å². The van der Waals surface area contributed by atoms with Gasteiger partial charge in [-0.3, -0.25) is 4.79 Å². The van der Waals surface area contributed by atoms with E-state index in [1.165, 1.54) is 12.2 Å². The average Bonchev–Trinajstić information content (AvgIpc) is 2.88. The van der Waals surface area contributed by atoms with Gasteiger partial charge in [0.2, 0.25) is 0 Å². The highest BCUT2D eigenvalue weighted by molar-refractivity contribution is 6.01. The number of allylic oxidation sites excluding steroid dienone is 4. The molecule has 29 heavy (non-hydrogen) atoms. The Morgan fingerprint density at radius 3 is 2.69 bits per heavy atom. The first kappa shape index (κ1) is 20.7. The number of rotatable bonds is 2. The van der Waals surface area contributed by atoms with E-state index in [1.54, 1.807) is 19.9 Å². The van der Waals surface area contributed by atoms with E-state index in [9.17, 15) is 19.8 Å². The molecule has 0 radical (unpaired) electrons. The SMILES string of the molecule is CC(C)OC(=O)[C@@]1(O)CCC2C3C[C@H](F)C4=CC(=O)C=C[C@]4(C)C3[C@@H](O)C[C@@]21C. The quantitative estimate of drug-likeness (QED) is 0.689. The fraction of sp³-hybridized carbons (Fsp3) is 0.739. The van der Waals surface area contributed by atoms with Crippen LogP contribution in [0.2, 0.25) is 0 Å². The number of carbonyl (C=O) groups is 2. The van der Waals surface area contributed by atoms with Crippen molar-refractivity contribution in [3.8, 4) is 0 Å². The Labute approximate surface area is 171 Å². The minimum absolute atomic E-state index is 0.108. The van der Waals surface area contributed by atoms with Crippen LogP contribution in [-0.4, -0.2) is 45.9 Å². The molecule has 3 fully saturated rings. The van der Waals surface area contributed by atoms with Gasteiger partial charge in [0.1, 0.15) is 6.17 Å². The number of fused-ring (bicyclic) bond motifs is 5. The second-order valence-corrected chi connectivity index (χ2v) is 10.2. The predicted octanol–water partition coefficient (Wildman–Crippen LogP) is 2.90. The number of carbonyl (C=O) groups excluding carboxylic acids is 2. The summed E-state index contributed by atoms with van der Waals surface area (Å²) in [6.45, 7) is 7.21. The molecule has 0 heterocycles. The summed E-state index contributed by atoms with van der Waals surface area (Å²) in [4.78, 5) is 24.7. The maximum absolute atomic E-state index is 15.3. The first-order valence-corrected chi connectivity index (χ1v) is 10.6. The summed E-state index contributed by atoms with van der Waals surface area (Å²) in [6, 6.07) is 0. The number of ketones is 1. The number of aliphatic hydroxyl groups is 2. The lowest BCUT2D eigenvalue weighted by Gasteiger charge is -2.59. The summed E-state index contributed by atoms with van der Waals surface area (Å²) >= 11 is 0. The van der Waals surface area contributed by atoms with E-state index < -0.39 is 34.7 Å². The maximum Gasteiger partial charge on any atom is 0.338 e. The highest BCUT2D eigenvalue weighted by Gasteiger charge is 2.69. The molecule has 5 nitrogen and oxygen atoms in total. The number of hydrogen-bond acceptors (Lipinski definition) is 5. The Hall–Kier alpha value is -1.53. The van der Waals surface area contributed by atoms with E-state index in [2.05, 4.69) is 0 Å². The van der Waals surface area contributed by atoms with Gasteiger partial charge in [0, 0.05) is 16.7 Å². The topological polar surface area (TPSA) is 83.8 Å². The lowest BCUT2D eigenvalue weighted by Crippen LogP contribution is -2.62. The van der Waals surface area contributed by atoms with E-state index in [0.717, 1.165) is 0 Å². The van der Waals surface area contributed by atoms with Gasteiger partial charge in [-0.1, -0.05) is 19.9 Å². The Kier molecular flexibility index (Phi) is 4.63. The fourth-order valence-electron chi connectivity index (χ4n) is 6.99. The third-order valence-electron chi connectivity index (χ3n) is 8.31. The minimum atomic E-state index is -1.69. The van der Waals surface area contributed by atoms with Crippen molar-refractivity contribution >= 4 is 11.8 Å². The molecule has 0 saturated heterocycles. The zero-order chi connectivity index (χ0) is 21.4. The summed E-state index contributed by atoms with van der Waals surface area (Å²) in [5.41, 5.74) is -2.86. The third kappa shape index (κ3) is 2.71. The molecule has 0 aliphatic heterocycles. The van der Waals surface area contributed by atoms with Crippen molar-refractivity contribution < 1.29 is 28.9 Å². The van der Waals surface area contributed by atoms with E-state index in [4.69, 9.17) is 4.74 Å². The molecule has 6 heteroatoms. The first-order valence-electron chi connectivity index (χ1n) is 10.6. The minimum Gasteiger partial charge on any atom is -0.461 e. The summed E-state index contributed by atoms with van der Waals surface area (Å²) in [6.07, 6.45) is 3.41. The monoisotopic (exact) mass is 406 g/mol. The van der Waals surface area contributed by atoms with Crippen LogP contribution in [0.15, 0.2) is 23.8 Å². The molecule has 3 saturated carbocycles. The number of aliphatic hydroxyl groups excluding tert-OH is 1. The molecule has 0 spiro atoms. The summed E-state index contributed by atoms with van der Waals surface area (Å²) < 4.78 is 20.6. The van der Waals surface area contributed by atoms with Crippen LogP contribution in [0, 0.1) is 28.6 Å². The van der Waals surface area contributed by atoms with Crippen molar-refractivity contribution in [2.45, 2.75) is 77.4 Å². The molecule has 4 aliphatic rings. The largest absolute Gasteiger partial charge is 0.461 e. The van der Waals surface area contributed by atoms with Crippen molar-refractivity contribution in [2.75, 3.05) is 0 Å². The summed E-state index contributed by atoms with van der Waals surface area (Å²) in [5, 5.41) is 22.7. The molecule has 2 N–H and O–H groups in total. The van der Waals surface area contributed by atoms with Gasteiger partial charge in [-0.15, -0.1) is 0 Å². The zero-order valence-corrected chi connectivity index (χ0v) is 17.5. The lowest BCUT2D eigenvalue weighted by molar-refractivity contribution is -0.201. The molecule has 4 aliphatic carbocycles. The van der Waals surface area contributed by atoms with Crippen molar-refractivity contribution in [3.63, 3.8) is 0 Å². The Balaban J connectivity index is 1.73. The van der Waals surface area contributed by atoms with Crippen LogP contribution in [0.3, 0.4) is 0 Å². The molecule has 0 aromatic carbocycles. The molecule has 4 rings (SSSR count). The normalized spacial score (nSPS) is 48.6. The Bertz CT molecular complexity index is 803. The Morgan fingerprint density at radius 1 is 1.34 bits per heavy atom. The van der Waals surface area contributed by atoms with Gasteiger partial charge in [-0.2, -0.15) is 0 Å². The second-order valence-electron chi connectivity index (χ2n) is 10.2. The van der Waals surface area contributed by atoms with Crippen LogP contribution in [-0.2, 0) is 14.3 Å². The van der Waals surface area contributed by atoms with Crippen LogP contribution in [0.5, 0.6) is 0 Å². The molecule has 3 unspecified atom stereocenters. The number of hydrogen-bond donors (Lipinski definition) is 2. The third-order valence-corrected chi connectivity index (χ3v) is 8.31. The Morgan fingerprint density at radius 2 is 2.03 bits per heavy atom. The number of ether oxygens (including phenoxy) is 1. The van der Waals surface area contributed by atoms with Crippen molar-refractivity contribution in [2.24, 2.45) is 28.6 Å². The van der Waals surface area contributed by atoms with Gasteiger partial charge in [-0.25, -0.2) is 9.18 Å². The average molecular weight is 406 g/mol. The van der Waals surface area contributed by atoms with Gasteiger partial charge < -0.3 is 14.9 Å². The van der Waals surface area contributed by atoms with Gasteiger partial charge in [0.25, 0.3) is 0 Å². The standard InChI is InChI=1S/C23H31FO5/c1-12(2)29-20(27)23(28)8-6-15-14-10-17(24)16-9-13(25)5-7-21(16,3)19(14)18(26)11-22(15,23)4/h5,7,9,12,14-15,17-19,26,28H,6,8,10-11H2,1-4H3/t14?,15?,17-,18-,19?,21-,22-,23-/m0/s1. The molecule has 0 aromatic heterocycles. The molecule has 0 bridgehead atoms. The molecule has 8 atom stereocenters. The van der Waals surface area contributed by atoms with Crippen LogP contribution in [0.25, 0.3) is 0 Å². The van der Waals surface area contributed by atoms with Crippen LogP contribution in [0.1, 0.15) is 53.4 Å². The number of esters is 1. The highest BCUT2D eigenvalue weighted by atomic mass is 19.1. The molecule has 0 aromatic rings. The molecule has 0 amide bonds. The predicted molar refractivity (Wildman–Crippen MR) is 104 cm³/mol. The number of halogens is 1. The summed E-state index contributed by atoms with van der Waals surface area (Å²) in [7, 11) is 0. The van der Waals surface area contributed by atoms with Crippen molar-refractivity contribution in [3.05, 3.63) is 23.8 Å². The van der Waals surface area contributed by atoms with E-state index in [0.29, 0.717) is 12.0 Å².